The Labute approximate surface area is 158 Å². The van der Waals surface area contributed by atoms with Crippen molar-refractivity contribution in [3.63, 3.8) is 0 Å². The van der Waals surface area contributed by atoms with Gasteiger partial charge in [-0.3, -0.25) is 0 Å². The van der Waals surface area contributed by atoms with Crippen molar-refractivity contribution >= 4 is 0 Å². The first kappa shape index (κ1) is 20.4. The minimum absolute atomic E-state index is 0.109. The molecule has 2 rings (SSSR count). The molecule has 142 valence electrons. The molecular formula is C24H34O2. The molecule has 2 nitrogen and oxygen atoms in total. The van der Waals surface area contributed by atoms with Crippen LogP contribution in [0, 0.1) is 0 Å². The van der Waals surface area contributed by atoms with Gasteiger partial charge in [-0.25, -0.2) is 0 Å². The number of rotatable bonds is 4. The zero-order valence-electron chi connectivity index (χ0n) is 17.4. The molecule has 0 saturated carbocycles. The third kappa shape index (κ3) is 4.41. The van der Waals surface area contributed by atoms with Gasteiger partial charge in [0, 0.05) is 5.92 Å². The number of phenolic OH excluding ortho intramolecular Hbond substituents is 2. The van der Waals surface area contributed by atoms with Gasteiger partial charge in [-0.15, -0.1) is 0 Å². The van der Waals surface area contributed by atoms with Crippen LogP contribution in [0.25, 0.3) is 0 Å². The molecule has 0 amide bonds. The van der Waals surface area contributed by atoms with Crippen LogP contribution >= 0.6 is 0 Å². The van der Waals surface area contributed by atoms with Crippen LogP contribution in [-0.2, 0) is 10.8 Å². The van der Waals surface area contributed by atoms with Gasteiger partial charge in [0.15, 0.2) is 0 Å². The summed E-state index contributed by atoms with van der Waals surface area (Å²) in [6, 6.07) is 12.0. The van der Waals surface area contributed by atoms with Gasteiger partial charge in [0.2, 0.25) is 0 Å². The molecule has 2 aromatic rings. The molecule has 0 unspecified atom stereocenters. The lowest BCUT2D eigenvalue weighted by Crippen LogP contribution is -2.14. The highest BCUT2D eigenvalue weighted by Gasteiger charge is 2.24. The monoisotopic (exact) mass is 354 g/mol. The van der Waals surface area contributed by atoms with E-state index in [0.29, 0.717) is 11.5 Å². The summed E-state index contributed by atoms with van der Waals surface area (Å²) >= 11 is 0. The Balaban J connectivity index is 2.58. The van der Waals surface area contributed by atoms with Crippen LogP contribution in [0.15, 0.2) is 36.4 Å². The Morgan fingerprint density at radius 2 is 1.12 bits per heavy atom. The maximum absolute atomic E-state index is 10.3. The minimum atomic E-state index is -0.109. The van der Waals surface area contributed by atoms with Gasteiger partial charge >= 0.3 is 0 Å². The highest BCUT2D eigenvalue weighted by Crippen LogP contribution is 2.39. The number of aromatic hydroxyl groups is 2. The van der Waals surface area contributed by atoms with E-state index in [1.807, 2.05) is 24.3 Å². The molecule has 26 heavy (non-hydrogen) atoms. The molecule has 0 aliphatic heterocycles. The van der Waals surface area contributed by atoms with E-state index in [-0.39, 0.29) is 16.7 Å². The van der Waals surface area contributed by atoms with Crippen molar-refractivity contribution in [3.8, 4) is 11.5 Å². The fraction of sp³-hybridized carbons (Fsp3) is 0.500. The predicted octanol–water partition coefficient (Wildman–Crippen LogP) is 6.62. The summed E-state index contributed by atoms with van der Waals surface area (Å²) < 4.78 is 0. The first-order chi connectivity index (χ1) is 11.9. The molecule has 0 spiro atoms. The summed E-state index contributed by atoms with van der Waals surface area (Å²) in [5.74, 6) is 0.971. The predicted molar refractivity (Wildman–Crippen MR) is 110 cm³/mol. The van der Waals surface area contributed by atoms with Crippen LogP contribution in [0.4, 0.5) is 0 Å². The quantitative estimate of drug-likeness (QED) is 0.647. The van der Waals surface area contributed by atoms with E-state index in [1.165, 1.54) is 11.1 Å². The summed E-state index contributed by atoms with van der Waals surface area (Å²) in [5, 5.41) is 20.6. The molecule has 0 radical (unpaired) electrons. The van der Waals surface area contributed by atoms with Gasteiger partial charge in [-0.05, 0) is 51.6 Å². The number of phenols is 2. The Bertz CT molecular complexity index is 697. The average molecular weight is 355 g/mol. The fourth-order valence-electron chi connectivity index (χ4n) is 3.56. The van der Waals surface area contributed by atoms with Crippen LogP contribution in [0.1, 0.15) is 89.5 Å². The molecule has 0 bridgehead atoms. The summed E-state index contributed by atoms with van der Waals surface area (Å²) in [7, 11) is 0. The average Bonchev–Trinajstić information content (AvgIpc) is 2.52. The Morgan fingerprint density at radius 1 is 0.731 bits per heavy atom. The maximum Gasteiger partial charge on any atom is 0.119 e. The van der Waals surface area contributed by atoms with Crippen LogP contribution < -0.4 is 0 Å². The lowest BCUT2D eigenvalue weighted by Gasteiger charge is -2.26. The smallest absolute Gasteiger partial charge is 0.119 e. The van der Waals surface area contributed by atoms with Gasteiger partial charge in [-0.2, -0.15) is 0 Å². The third-order valence-corrected chi connectivity index (χ3v) is 5.04. The lowest BCUT2D eigenvalue weighted by atomic mass is 9.79. The highest BCUT2D eigenvalue weighted by atomic mass is 16.3. The molecule has 0 aromatic heterocycles. The molecular weight excluding hydrogens is 320 g/mol. The number of hydrogen-bond donors (Lipinski definition) is 2. The molecule has 2 aromatic carbocycles. The maximum atomic E-state index is 10.3. The first-order valence-electron chi connectivity index (χ1n) is 9.62. The van der Waals surface area contributed by atoms with Crippen LogP contribution in [0.2, 0.25) is 0 Å². The first-order valence-corrected chi connectivity index (χ1v) is 9.62. The highest BCUT2D eigenvalue weighted by molar-refractivity contribution is 5.47. The van der Waals surface area contributed by atoms with E-state index in [9.17, 15) is 10.2 Å². The van der Waals surface area contributed by atoms with Crippen LogP contribution in [0.3, 0.4) is 0 Å². The Morgan fingerprint density at radius 3 is 1.42 bits per heavy atom. The van der Waals surface area contributed by atoms with Crippen molar-refractivity contribution in [1.82, 2.24) is 0 Å². The van der Waals surface area contributed by atoms with E-state index < -0.39 is 0 Å². The minimum Gasteiger partial charge on any atom is -0.508 e. The second-order valence-electron chi connectivity index (χ2n) is 9.39. The van der Waals surface area contributed by atoms with Crippen molar-refractivity contribution in [2.75, 3.05) is 0 Å². The summed E-state index contributed by atoms with van der Waals surface area (Å²) in [5.41, 5.74) is 4.18. The van der Waals surface area contributed by atoms with Gasteiger partial charge in [0.1, 0.15) is 11.5 Å². The van der Waals surface area contributed by atoms with Crippen molar-refractivity contribution in [2.24, 2.45) is 0 Å². The van der Waals surface area contributed by atoms with E-state index in [0.717, 1.165) is 24.0 Å². The van der Waals surface area contributed by atoms with Crippen LogP contribution in [-0.4, -0.2) is 10.2 Å². The van der Waals surface area contributed by atoms with E-state index >= 15 is 0 Å². The number of benzene rings is 2. The molecule has 0 aliphatic carbocycles. The second kappa shape index (κ2) is 7.34. The van der Waals surface area contributed by atoms with E-state index in [1.54, 1.807) is 0 Å². The molecule has 2 heteroatoms. The van der Waals surface area contributed by atoms with Crippen molar-refractivity contribution < 1.29 is 10.2 Å². The summed E-state index contributed by atoms with van der Waals surface area (Å²) in [6.45, 7) is 14.9. The van der Waals surface area contributed by atoms with E-state index in [4.69, 9.17) is 0 Å². The zero-order chi connectivity index (χ0) is 19.7. The SMILES string of the molecule is CCCC(c1ccc(O)c(C(C)(C)C)c1)c1ccc(O)c(C(C)(C)C)c1. The topological polar surface area (TPSA) is 40.5 Å². The van der Waals surface area contributed by atoms with Crippen LogP contribution in [0.5, 0.6) is 11.5 Å². The molecule has 0 aliphatic rings. The van der Waals surface area contributed by atoms with Gasteiger partial charge in [0.25, 0.3) is 0 Å². The van der Waals surface area contributed by atoms with Crippen molar-refractivity contribution in [3.05, 3.63) is 58.7 Å². The fourth-order valence-corrected chi connectivity index (χ4v) is 3.56. The second-order valence-corrected chi connectivity index (χ2v) is 9.39. The standard InChI is InChI=1S/C24H34O2/c1-8-9-18(16-10-12-21(25)19(14-16)23(2,3)4)17-11-13-22(26)20(15-17)24(5,6)7/h10-15,18,25-26H,8-9H2,1-7H3. The van der Waals surface area contributed by atoms with Crippen molar-refractivity contribution in [1.29, 1.82) is 0 Å². The van der Waals surface area contributed by atoms with Gasteiger partial charge in [-0.1, -0.05) is 79.2 Å². The third-order valence-electron chi connectivity index (χ3n) is 5.04. The van der Waals surface area contributed by atoms with Gasteiger partial charge < -0.3 is 10.2 Å². The van der Waals surface area contributed by atoms with Crippen molar-refractivity contribution in [2.45, 2.75) is 78.1 Å². The largest absolute Gasteiger partial charge is 0.508 e. The molecule has 2 N–H and O–H groups in total. The lowest BCUT2D eigenvalue weighted by molar-refractivity contribution is 0.445. The van der Waals surface area contributed by atoms with Gasteiger partial charge in [0.05, 0.1) is 0 Å². The summed E-state index contributed by atoms with van der Waals surface area (Å²) in [6.07, 6.45) is 2.10. The molecule has 0 saturated heterocycles. The number of hydrogen-bond acceptors (Lipinski definition) is 2. The zero-order valence-corrected chi connectivity index (χ0v) is 17.4. The Kier molecular flexibility index (Phi) is 5.75. The molecule has 0 atom stereocenters. The Hall–Kier alpha value is -1.96. The molecule has 0 fully saturated rings. The van der Waals surface area contributed by atoms with E-state index in [2.05, 4.69) is 60.6 Å². The normalized spacial score (nSPS) is 12.6. The molecule has 0 heterocycles. The summed E-state index contributed by atoms with van der Waals surface area (Å²) in [4.78, 5) is 0.